The van der Waals surface area contributed by atoms with Gasteiger partial charge in [-0.05, 0) is 63.3 Å². The zero-order valence-electron chi connectivity index (χ0n) is 10.6. The van der Waals surface area contributed by atoms with E-state index in [9.17, 15) is 0 Å². The fourth-order valence-electron chi connectivity index (χ4n) is 2.35. The summed E-state index contributed by atoms with van der Waals surface area (Å²) in [6.45, 7) is 4.58. The van der Waals surface area contributed by atoms with E-state index in [-0.39, 0.29) is 0 Å². The maximum Gasteiger partial charge on any atom is 0.0468 e. The van der Waals surface area contributed by atoms with E-state index in [1.165, 1.54) is 37.2 Å². The quantitative estimate of drug-likeness (QED) is 0.790. The molecule has 4 heteroatoms. The third kappa shape index (κ3) is 3.98. The van der Waals surface area contributed by atoms with Gasteiger partial charge in [0.15, 0.2) is 0 Å². The molecule has 1 aromatic heterocycles. The van der Waals surface area contributed by atoms with Gasteiger partial charge in [-0.3, -0.25) is 0 Å². The van der Waals surface area contributed by atoms with Crippen LogP contribution < -0.4 is 11.1 Å². The summed E-state index contributed by atoms with van der Waals surface area (Å²) in [6.07, 6.45) is 4.03. The van der Waals surface area contributed by atoms with Crippen molar-refractivity contribution in [1.82, 2.24) is 10.2 Å². The second-order valence-corrected chi connectivity index (χ2v) is 6.01. The number of nitrogens with zero attached hydrogens (tertiary/aromatic N) is 1. The summed E-state index contributed by atoms with van der Waals surface area (Å²) in [5.41, 5.74) is 6.78. The van der Waals surface area contributed by atoms with E-state index in [0.717, 1.165) is 24.7 Å². The molecule has 2 rings (SSSR count). The summed E-state index contributed by atoms with van der Waals surface area (Å²) in [7, 11) is 2.22. The lowest BCUT2D eigenvalue weighted by Crippen LogP contribution is -2.31. The van der Waals surface area contributed by atoms with Crippen molar-refractivity contribution < 1.29 is 0 Å². The van der Waals surface area contributed by atoms with Crippen LogP contribution in [0.25, 0.3) is 0 Å². The molecule has 96 valence electrons. The molecule has 1 aromatic rings. The standard InChI is InChI=1S/C13H23N3S/c1-16-7-3-11(4-8-16)2-6-15-10-13-12(14)5-9-17-13/h5,9,11,15H,2-4,6-8,10,14H2,1H3. The molecule has 0 aromatic carbocycles. The third-order valence-electron chi connectivity index (χ3n) is 3.63. The first-order valence-electron chi connectivity index (χ1n) is 6.47. The summed E-state index contributed by atoms with van der Waals surface area (Å²) < 4.78 is 0. The predicted octanol–water partition coefficient (Wildman–Crippen LogP) is 2.15. The van der Waals surface area contributed by atoms with Crippen molar-refractivity contribution in [1.29, 1.82) is 0 Å². The zero-order chi connectivity index (χ0) is 12.1. The van der Waals surface area contributed by atoms with Gasteiger partial charge < -0.3 is 16.0 Å². The van der Waals surface area contributed by atoms with Crippen molar-refractivity contribution >= 4 is 17.0 Å². The first-order valence-corrected chi connectivity index (χ1v) is 7.35. The van der Waals surface area contributed by atoms with Crippen molar-refractivity contribution in [3.63, 3.8) is 0 Å². The Hall–Kier alpha value is -0.580. The lowest BCUT2D eigenvalue weighted by molar-refractivity contribution is 0.211. The highest BCUT2D eigenvalue weighted by molar-refractivity contribution is 7.10. The van der Waals surface area contributed by atoms with Gasteiger partial charge in [0.1, 0.15) is 0 Å². The smallest absolute Gasteiger partial charge is 0.0468 e. The molecule has 1 fully saturated rings. The van der Waals surface area contributed by atoms with E-state index in [0.29, 0.717) is 0 Å². The Morgan fingerprint density at radius 3 is 2.88 bits per heavy atom. The molecule has 0 spiro atoms. The highest BCUT2D eigenvalue weighted by Gasteiger charge is 2.15. The summed E-state index contributed by atoms with van der Waals surface area (Å²) in [5.74, 6) is 0.916. The molecular weight excluding hydrogens is 230 g/mol. The Balaban J connectivity index is 1.59. The van der Waals surface area contributed by atoms with E-state index < -0.39 is 0 Å². The topological polar surface area (TPSA) is 41.3 Å². The predicted molar refractivity (Wildman–Crippen MR) is 75.3 cm³/mol. The highest BCUT2D eigenvalue weighted by Crippen LogP contribution is 2.20. The second kappa shape index (κ2) is 6.38. The number of nitrogens with two attached hydrogens (primary N) is 1. The molecule has 0 atom stereocenters. The Kier molecular flexibility index (Phi) is 4.83. The van der Waals surface area contributed by atoms with Crippen molar-refractivity contribution in [3.05, 3.63) is 16.3 Å². The van der Waals surface area contributed by atoms with Gasteiger partial charge in [0, 0.05) is 17.1 Å². The molecule has 1 aliphatic rings. The van der Waals surface area contributed by atoms with Crippen LogP contribution in [0.3, 0.4) is 0 Å². The van der Waals surface area contributed by atoms with Crippen molar-refractivity contribution in [2.75, 3.05) is 32.4 Å². The van der Waals surface area contributed by atoms with Crippen LogP contribution in [0.5, 0.6) is 0 Å². The number of piperidine rings is 1. The number of likely N-dealkylation sites (tertiary alicyclic amines) is 1. The van der Waals surface area contributed by atoms with Gasteiger partial charge in [-0.25, -0.2) is 0 Å². The van der Waals surface area contributed by atoms with Crippen LogP contribution >= 0.6 is 11.3 Å². The molecule has 3 N–H and O–H groups in total. The number of rotatable bonds is 5. The third-order valence-corrected chi connectivity index (χ3v) is 4.57. The molecule has 0 saturated carbocycles. The molecule has 3 nitrogen and oxygen atoms in total. The highest BCUT2D eigenvalue weighted by atomic mass is 32.1. The van der Waals surface area contributed by atoms with Crippen molar-refractivity contribution in [2.45, 2.75) is 25.8 Å². The number of nitrogen functional groups attached to an aromatic ring is 1. The number of anilines is 1. The number of hydrogen-bond acceptors (Lipinski definition) is 4. The van der Waals surface area contributed by atoms with E-state index in [4.69, 9.17) is 5.73 Å². The Bertz CT molecular complexity index is 329. The Labute approximate surface area is 108 Å². The molecule has 0 radical (unpaired) electrons. The largest absolute Gasteiger partial charge is 0.398 e. The summed E-state index contributed by atoms with van der Waals surface area (Å²) in [4.78, 5) is 3.70. The maximum absolute atomic E-state index is 5.85. The number of thiophene rings is 1. The first-order chi connectivity index (χ1) is 8.25. The van der Waals surface area contributed by atoms with Gasteiger partial charge in [0.05, 0.1) is 0 Å². The van der Waals surface area contributed by atoms with Gasteiger partial charge in [-0.1, -0.05) is 0 Å². The monoisotopic (exact) mass is 253 g/mol. The van der Waals surface area contributed by atoms with Crippen LogP contribution in [-0.2, 0) is 6.54 Å². The molecule has 0 unspecified atom stereocenters. The van der Waals surface area contributed by atoms with Gasteiger partial charge in [0.2, 0.25) is 0 Å². The second-order valence-electron chi connectivity index (χ2n) is 5.01. The number of hydrogen-bond donors (Lipinski definition) is 2. The van der Waals surface area contributed by atoms with E-state index in [2.05, 4.69) is 22.6 Å². The fourth-order valence-corrected chi connectivity index (χ4v) is 3.12. The minimum atomic E-state index is 0.916. The average molecular weight is 253 g/mol. The van der Waals surface area contributed by atoms with Gasteiger partial charge in [0.25, 0.3) is 0 Å². The van der Waals surface area contributed by atoms with E-state index in [1.54, 1.807) is 11.3 Å². The molecule has 1 saturated heterocycles. The normalized spacial score (nSPS) is 18.6. The molecule has 0 bridgehead atoms. The van der Waals surface area contributed by atoms with E-state index in [1.807, 2.05) is 6.07 Å². The minimum Gasteiger partial charge on any atom is -0.398 e. The summed E-state index contributed by atoms with van der Waals surface area (Å²) in [6, 6.07) is 1.98. The molecule has 1 aliphatic heterocycles. The molecule has 17 heavy (non-hydrogen) atoms. The van der Waals surface area contributed by atoms with Crippen molar-refractivity contribution in [2.24, 2.45) is 5.92 Å². The van der Waals surface area contributed by atoms with Gasteiger partial charge in [-0.15, -0.1) is 11.3 Å². The van der Waals surface area contributed by atoms with E-state index >= 15 is 0 Å². The summed E-state index contributed by atoms with van der Waals surface area (Å²) >= 11 is 1.74. The maximum atomic E-state index is 5.85. The first kappa shape index (κ1) is 12.9. The van der Waals surface area contributed by atoms with Crippen molar-refractivity contribution in [3.8, 4) is 0 Å². The molecule has 0 aliphatic carbocycles. The van der Waals surface area contributed by atoms with Crippen LogP contribution in [0, 0.1) is 5.92 Å². The number of nitrogens with one attached hydrogen (secondary N) is 1. The lowest BCUT2D eigenvalue weighted by atomic mass is 9.94. The summed E-state index contributed by atoms with van der Waals surface area (Å²) in [5, 5.41) is 5.56. The molecular formula is C13H23N3S. The van der Waals surface area contributed by atoms with Gasteiger partial charge in [-0.2, -0.15) is 0 Å². The van der Waals surface area contributed by atoms with Crippen LogP contribution in [0.15, 0.2) is 11.4 Å². The SMILES string of the molecule is CN1CCC(CCNCc2sccc2N)CC1. The Morgan fingerprint density at radius 2 is 2.24 bits per heavy atom. The Morgan fingerprint density at radius 1 is 1.47 bits per heavy atom. The van der Waals surface area contributed by atoms with Gasteiger partial charge >= 0.3 is 0 Å². The van der Waals surface area contributed by atoms with Crippen LogP contribution in [0.4, 0.5) is 5.69 Å². The van der Waals surface area contributed by atoms with Crippen LogP contribution in [0.1, 0.15) is 24.1 Å². The minimum absolute atomic E-state index is 0.916. The lowest BCUT2D eigenvalue weighted by Gasteiger charge is -2.28. The van der Waals surface area contributed by atoms with Crippen LogP contribution in [-0.4, -0.2) is 31.6 Å². The zero-order valence-corrected chi connectivity index (χ0v) is 11.4. The molecule has 2 heterocycles. The van der Waals surface area contributed by atoms with Crippen LogP contribution in [0.2, 0.25) is 0 Å². The average Bonchev–Trinajstić information content (AvgIpc) is 2.73. The fraction of sp³-hybridized carbons (Fsp3) is 0.692. The molecule has 0 amide bonds.